The Bertz CT molecular complexity index is 462. The molecule has 116 valence electrons. The van der Waals surface area contributed by atoms with Gasteiger partial charge in [0.2, 0.25) is 0 Å². The molecule has 0 spiro atoms. The van der Waals surface area contributed by atoms with Gasteiger partial charge in [0.15, 0.2) is 0 Å². The lowest BCUT2D eigenvalue weighted by Crippen LogP contribution is -2.41. The summed E-state index contributed by atoms with van der Waals surface area (Å²) in [5.41, 5.74) is 1.06. The SMILES string of the molecule is COc1ccc(F)cc1C1CCN(C2CCCCC2)CC1. The highest BCUT2D eigenvalue weighted by Gasteiger charge is 2.28. The van der Waals surface area contributed by atoms with Crippen LogP contribution in [0.15, 0.2) is 18.2 Å². The monoisotopic (exact) mass is 291 g/mol. The molecule has 2 aliphatic rings. The summed E-state index contributed by atoms with van der Waals surface area (Å²) in [4.78, 5) is 2.67. The summed E-state index contributed by atoms with van der Waals surface area (Å²) in [7, 11) is 1.67. The first-order chi connectivity index (χ1) is 10.3. The van der Waals surface area contributed by atoms with Gasteiger partial charge in [0, 0.05) is 11.6 Å². The lowest BCUT2D eigenvalue weighted by Gasteiger charge is -2.39. The number of piperidine rings is 1. The molecule has 0 radical (unpaired) electrons. The first kappa shape index (κ1) is 14.8. The van der Waals surface area contributed by atoms with Crippen LogP contribution in [0.5, 0.6) is 5.75 Å². The Kier molecular flexibility index (Phi) is 4.79. The highest BCUT2D eigenvalue weighted by atomic mass is 19.1. The van der Waals surface area contributed by atoms with Gasteiger partial charge < -0.3 is 9.64 Å². The van der Waals surface area contributed by atoms with Crippen LogP contribution in [0.4, 0.5) is 4.39 Å². The third-order valence-electron chi connectivity index (χ3n) is 5.25. The Morgan fingerprint density at radius 1 is 1.05 bits per heavy atom. The maximum Gasteiger partial charge on any atom is 0.123 e. The lowest BCUT2D eigenvalue weighted by molar-refractivity contribution is 0.121. The Hall–Kier alpha value is -1.09. The molecule has 0 bridgehead atoms. The van der Waals surface area contributed by atoms with Gasteiger partial charge >= 0.3 is 0 Å². The van der Waals surface area contributed by atoms with Gasteiger partial charge in [0.1, 0.15) is 11.6 Å². The van der Waals surface area contributed by atoms with Crippen LogP contribution in [0.2, 0.25) is 0 Å². The molecule has 3 heteroatoms. The fourth-order valence-corrected chi connectivity index (χ4v) is 4.05. The van der Waals surface area contributed by atoms with Crippen LogP contribution in [0.1, 0.15) is 56.4 Å². The molecule has 3 rings (SSSR count). The van der Waals surface area contributed by atoms with Crippen molar-refractivity contribution in [3.8, 4) is 5.75 Å². The summed E-state index contributed by atoms with van der Waals surface area (Å²) in [6, 6.07) is 5.71. The fraction of sp³-hybridized carbons (Fsp3) is 0.667. The standard InChI is InChI=1S/C18H26FNO/c1-21-18-8-7-15(19)13-17(18)14-9-11-20(12-10-14)16-5-3-2-4-6-16/h7-8,13-14,16H,2-6,9-12H2,1H3. The zero-order valence-corrected chi connectivity index (χ0v) is 13.0. The van der Waals surface area contributed by atoms with Crippen LogP contribution in [-0.4, -0.2) is 31.1 Å². The van der Waals surface area contributed by atoms with Crippen molar-refractivity contribution in [3.63, 3.8) is 0 Å². The summed E-state index contributed by atoms with van der Waals surface area (Å²) in [5, 5.41) is 0. The molecule has 0 unspecified atom stereocenters. The molecular weight excluding hydrogens is 265 g/mol. The molecule has 1 aromatic carbocycles. The predicted molar refractivity (Wildman–Crippen MR) is 83.4 cm³/mol. The second-order valence-corrected chi connectivity index (χ2v) is 6.49. The molecule has 1 heterocycles. The number of hydrogen-bond donors (Lipinski definition) is 0. The minimum Gasteiger partial charge on any atom is -0.496 e. The number of halogens is 1. The van der Waals surface area contributed by atoms with E-state index in [9.17, 15) is 4.39 Å². The van der Waals surface area contributed by atoms with E-state index in [4.69, 9.17) is 4.74 Å². The van der Waals surface area contributed by atoms with E-state index in [2.05, 4.69) is 4.90 Å². The Morgan fingerprint density at radius 3 is 2.43 bits per heavy atom. The van der Waals surface area contributed by atoms with Gasteiger partial charge in [-0.3, -0.25) is 0 Å². The van der Waals surface area contributed by atoms with Gasteiger partial charge in [0.05, 0.1) is 7.11 Å². The number of hydrogen-bond acceptors (Lipinski definition) is 2. The minimum atomic E-state index is -0.152. The molecule has 1 saturated heterocycles. The molecule has 0 amide bonds. The minimum absolute atomic E-state index is 0.152. The van der Waals surface area contributed by atoms with Crippen molar-refractivity contribution in [1.29, 1.82) is 0 Å². The fourth-order valence-electron chi connectivity index (χ4n) is 4.05. The van der Waals surface area contributed by atoms with Gasteiger partial charge in [-0.25, -0.2) is 4.39 Å². The number of likely N-dealkylation sites (tertiary alicyclic amines) is 1. The molecule has 1 aliphatic heterocycles. The number of ether oxygens (including phenoxy) is 1. The van der Waals surface area contributed by atoms with Crippen molar-refractivity contribution >= 4 is 0 Å². The summed E-state index contributed by atoms with van der Waals surface area (Å²) in [6.45, 7) is 2.30. The topological polar surface area (TPSA) is 12.5 Å². The summed E-state index contributed by atoms with van der Waals surface area (Å²) < 4.78 is 19.0. The van der Waals surface area contributed by atoms with Crippen LogP contribution in [0.25, 0.3) is 0 Å². The van der Waals surface area contributed by atoms with Crippen molar-refractivity contribution in [2.24, 2.45) is 0 Å². The Morgan fingerprint density at radius 2 is 1.76 bits per heavy atom. The van der Waals surface area contributed by atoms with E-state index in [1.54, 1.807) is 19.2 Å². The van der Waals surface area contributed by atoms with Crippen molar-refractivity contribution in [1.82, 2.24) is 4.90 Å². The zero-order valence-electron chi connectivity index (χ0n) is 13.0. The van der Waals surface area contributed by atoms with Crippen molar-refractivity contribution < 1.29 is 9.13 Å². The molecule has 1 aliphatic carbocycles. The van der Waals surface area contributed by atoms with Crippen LogP contribution in [0.3, 0.4) is 0 Å². The van der Waals surface area contributed by atoms with Gasteiger partial charge in [-0.1, -0.05) is 19.3 Å². The predicted octanol–water partition coefficient (Wildman–Crippen LogP) is 4.35. The maximum absolute atomic E-state index is 13.5. The second-order valence-electron chi connectivity index (χ2n) is 6.49. The van der Waals surface area contributed by atoms with Crippen molar-refractivity contribution in [3.05, 3.63) is 29.6 Å². The van der Waals surface area contributed by atoms with Crippen LogP contribution in [0, 0.1) is 5.82 Å². The average molecular weight is 291 g/mol. The Labute approximate surface area is 127 Å². The van der Waals surface area contributed by atoms with Crippen LogP contribution in [-0.2, 0) is 0 Å². The van der Waals surface area contributed by atoms with Crippen LogP contribution >= 0.6 is 0 Å². The first-order valence-electron chi connectivity index (χ1n) is 8.35. The van der Waals surface area contributed by atoms with E-state index in [0.29, 0.717) is 5.92 Å². The Balaban J connectivity index is 1.64. The number of benzene rings is 1. The number of nitrogens with zero attached hydrogens (tertiary/aromatic N) is 1. The molecule has 1 saturated carbocycles. The molecule has 0 aromatic heterocycles. The summed E-state index contributed by atoms with van der Waals surface area (Å²) >= 11 is 0. The molecule has 0 atom stereocenters. The molecular formula is C18H26FNO. The lowest BCUT2D eigenvalue weighted by atomic mass is 9.86. The van der Waals surface area contributed by atoms with Crippen molar-refractivity contribution in [2.45, 2.75) is 56.9 Å². The van der Waals surface area contributed by atoms with Crippen LogP contribution < -0.4 is 4.74 Å². The maximum atomic E-state index is 13.5. The molecule has 2 fully saturated rings. The van der Waals surface area contributed by atoms with Gasteiger partial charge in [0.25, 0.3) is 0 Å². The smallest absolute Gasteiger partial charge is 0.123 e. The van der Waals surface area contributed by atoms with E-state index in [1.165, 1.54) is 38.2 Å². The molecule has 0 N–H and O–H groups in total. The third kappa shape index (κ3) is 3.39. The van der Waals surface area contributed by atoms with E-state index >= 15 is 0 Å². The number of methoxy groups -OCH3 is 1. The molecule has 2 nitrogen and oxygen atoms in total. The van der Waals surface area contributed by atoms with E-state index in [0.717, 1.165) is 43.3 Å². The highest BCUT2D eigenvalue weighted by molar-refractivity contribution is 5.37. The third-order valence-corrected chi connectivity index (χ3v) is 5.25. The van der Waals surface area contributed by atoms with Gasteiger partial charge in [-0.05, 0) is 62.9 Å². The van der Waals surface area contributed by atoms with E-state index in [1.807, 2.05) is 0 Å². The largest absolute Gasteiger partial charge is 0.496 e. The van der Waals surface area contributed by atoms with Crippen molar-refractivity contribution in [2.75, 3.05) is 20.2 Å². The first-order valence-corrected chi connectivity index (χ1v) is 8.35. The highest BCUT2D eigenvalue weighted by Crippen LogP contribution is 2.36. The van der Waals surface area contributed by atoms with Gasteiger partial charge in [-0.15, -0.1) is 0 Å². The molecule has 21 heavy (non-hydrogen) atoms. The zero-order chi connectivity index (χ0) is 14.7. The summed E-state index contributed by atoms with van der Waals surface area (Å²) in [6.07, 6.45) is 9.17. The quantitative estimate of drug-likeness (QED) is 0.821. The average Bonchev–Trinajstić information content (AvgIpc) is 2.56. The second kappa shape index (κ2) is 6.78. The normalized spacial score (nSPS) is 22.4. The van der Waals surface area contributed by atoms with E-state index in [-0.39, 0.29) is 5.82 Å². The van der Waals surface area contributed by atoms with E-state index < -0.39 is 0 Å². The van der Waals surface area contributed by atoms with Gasteiger partial charge in [-0.2, -0.15) is 0 Å². The summed E-state index contributed by atoms with van der Waals surface area (Å²) in [5.74, 6) is 1.13. The number of rotatable bonds is 3. The molecule has 1 aromatic rings.